The molecule has 1 fully saturated rings. The zero-order valence-corrected chi connectivity index (χ0v) is 9.73. The molecule has 80 valence electrons. The van der Waals surface area contributed by atoms with Crippen molar-refractivity contribution in [1.29, 1.82) is 0 Å². The summed E-state index contributed by atoms with van der Waals surface area (Å²) in [6.45, 7) is 7.70. The van der Waals surface area contributed by atoms with E-state index >= 15 is 0 Å². The van der Waals surface area contributed by atoms with Crippen molar-refractivity contribution in [2.75, 3.05) is 44.9 Å². The minimum absolute atomic E-state index is 0.549. The molecule has 0 aromatic carbocycles. The van der Waals surface area contributed by atoms with Crippen molar-refractivity contribution < 1.29 is 8.95 Å². The maximum atomic E-state index is 10.9. The molecule has 13 heavy (non-hydrogen) atoms. The van der Waals surface area contributed by atoms with Crippen molar-refractivity contribution in [2.45, 2.75) is 13.8 Å². The highest BCUT2D eigenvalue weighted by molar-refractivity contribution is 7.85. The van der Waals surface area contributed by atoms with Gasteiger partial charge in [-0.25, -0.2) is 0 Å². The molecule has 0 aliphatic carbocycles. The zero-order valence-electron chi connectivity index (χ0n) is 8.91. The van der Waals surface area contributed by atoms with Crippen molar-refractivity contribution >= 4 is 10.8 Å². The van der Waals surface area contributed by atoms with Crippen LogP contribution in [0.4, 0.5) is 0 Å². The summed E-state index contributed by atoms with van der Waals surface area (Å²) < 4.78 is 15.9. The Kier molecular flexibility index (Phi) is 8.71. The quantitative estimate of drug-likeness (QED) is 0.683. The fourth-order valence-corrected chi connectivity index (χ4v) is 2.25. The fraction of sp³-hybridized carbons (Fsp3) is 1.00. The Bertz CT molecular complexity index is 132. The Morgan fingerprint density at radius 3 is 2.31 bits per heavy atom. The second-order valence-corrected chi connectivity index (χ2v) is 4.38. The topological polar surface area (TPSA) is 29.5 Å². The third kappa shape index (κ3) is 6.18. The number of ether oxygens (including phenoxy) is 1. The maximum absolute atomic E-state index is 10.9. The summed E-state index contributed by atoms with van der Waals surface area (Å²) >= 11 is 0. The van der Waals surface area contributed by atoms with Gasteiger partial charge >= 0.3 is 0 Å². The van der Waals surface area contributed by atoms with E-state index in [9.17, 15) is 4.21 Å². The maximum Gasteiger partial charge on any atom is 0.0589 e. The van der Waals surface area contributed by atoms with Crippen molar-refractivity contribution in [3.8, 4) is 0 Å². The van der Waals surface area contributed by atoms with Gasteiger partial charge in [-0.05, 0) is 0 Å². The Balaban J connectivity index is 0.000000671. The molecule has 4 heteroatoms. The highest BCUT2D eigenvalue weighted by atomic mass is 32.2. The lowest BCUT2D eigenvalue weighted by molar-refractivity contribution is 0.153. The lowest BCUT2D eigenvalue weighted by atomic mass is 10.5. The molecule has 0 N–H and O–H groups in total. The molecule has 1 aliphatic heterocycles. The standard InChI is InChI=1S/C7H15NO2S.C2H6/c1-10-5-2-8-3-6-11(9)7-4-8;1-2/h2-7H2,1H3;1-2H3. The molecule has 1 aliphatic rings. The van der Waals surface area contributed by atoms with Gasteiger partial charge in [0.15, 0.2) is 0 Å². The van der Waals surface area contributed by atoms with Gasteiger partial charge in [0.2, 0.25) is 0 Å². The summed E-state index contributed by atoms with van der Waals surface area (Å²) in [5.41, 5.74) is 0. The average molecular weight is 207 g/mol. The molecule has 0 amide bonds. The van der Waals surface area contributed by atoms with E-state index in [1.54, 1.807) is 7.11 Å². The zero-order chi connectivity index (χ0) is 10.1. The average Bonchev–Trinajstić information content (AvgIpc) is 2.20. The Labute approximate surface area is 83.9 Å². The normalized spacial score (nSPS) is 19.3. The number of hydrogen-bond donors (Lipinski definition) is 0. The van der Waals surface area contributed by atoms with Crippen LogP contribution in [0.1, 0.15) is 13.8 Å². The lowest BCUT2D eigenvalue weighted by Crippen LogP contribution is -2.39. The minimum Gasteiger partial charge on any atom is -0.383 e. The van der Waals surface area contributed by atoms with E-state index in [1.807, 2.05) is 13.8 Å². The largest absolute Gasteiger partial charge is 0.383 e. The van der Waals surface area contributed by atoms with Gasteiger partial charge in [0.1, 0.15) is 0 Å². The van der Waals surface area contributed by atoms with E-state index in [0.29, 0.717) is 0 Å². The third-order valence-electron chi connectivity index (χ3n) is 1.88. The minimum atomic E-state index is -0.549. The van der Waals surface area contributed by atoms with Crippen LogP contribution in [0.2, 0.25) is 0 Å². The van der Waals surface area contributed by atoms with Crippen molar-refractivity contribution in [1.82, 2.24) is 4.90 Å². The monoisotopic (exact) mass is 207 g/mol. The first kappa shape index (κ1) is 13.1. The summed E-state index contributed by atoms with van der Waals surface area (Å²) in [6.07, 6.45) is 0. The van der Waals surface area contributed by atoms with Gasteiger partial charge in [0.05, 0.1) is 6.61 Å². The van der Waals surface area contributed by atoms with Crippen LogP contribution in [0.5, 0.6) is 0 Å². The molecule has 0 unspecified atom stereocenters. The molecular weight excluding hydrogens is 186 g/mol. The highest BCUT2D eigenvalue weighted by Gasteiger charge is 2.13. The van der Waals surface area contributed by atoms with Crippen molar-refractivity contribution in [3.63, 3.8) is 0 Å². The number of rotatable bonds is 3. The van der Waals surface area contributed by atoms with Crippen LogP contribution in [0.25, 0.3) is 0 Å². The third-order valence-corrected chi connectivity index (χ3v) is 3.16. The van der Waals surface area contributed by atoms with Crippen LogP contribution < -0.4 is 0 Å². The predicted octanol–water partition coefficient (Wildman–Crippen LogP) is 0.723. The van der Waals surface area contributed by atoms with Crippen LogP contribution in [0, 0.1) is 0 Å². The molecule has 0 saturated carbocycles. The summed E-state index contributed by atoms with van der Waals surface area (Å²) in [7, 11) is 1.16. The number of hydrogen-bond acceptors (Lipinski definition) is 3. The van der Waals surface area contributed by atoms with Crippen LogP contribution >= 0.6 is 0 Å². The van der Waals surface area contributed by atoms with E-state index in [2.05, 4.69) is 4.90 Å². The first-order chi connectivity index (χ1) is 6.33. The molecule has 3 nitrogen and oxygen atoms in total. The smallest absolute Gasteiger partial charge is 0.0589 e. The molecule has 1 rings (SSSR count). The van der Waals surface area contributed by atoms with Gasteiger partial charge in [0, 0.05) is 49.0 Å². The first-order valence-electron chi connectivity index (χ1n) is 4.89. The lowest BCUT2D eigenvalue weighted by Gasteiger charge is -2.25. The second-order valence-electron chi connectivity index (χ2n) is 2.68. The molecule has 0 radical (unpaired) electrons. The molecule has 0 spiro atoms. The van der Waals surface area contributed by atoms with Crippen molar-refractivity contribution in [2.24, 2.45) is 0 Å². The summed E-state index contributed by atoms with van der Waals surface area (Å²) in [6, 6.07) is 0. The molecule has 0 bridgehead atoms. The van der Waals surface area contributed by atoms with Gasteiger partial charge in [-0.15, -0.1) is 0 Å². The van der Waals surface area contributed by atoms with Gasteiger partial charge in [-0.1, -0.05) is 13.8 Å². The van der Waals surface area contributed by atoms with Crippen molar-refractivity contribution in [3.05, 3.63) is 0 Å². The second kappa shape index (κ2) is 8.66. The van der Waals surface area contributed by atoms with E-state index in [-0.39, 0.29) is 0 Å². The van der Waals surface area contributed by atoms with E-state index in [1.165, 1.54) is 0 Å². The summed E-state index contributed by atoms with van der Waals surface area (Å²) in [5.74, 6) is 1.67. The van der Waals surface area contributed by atoms with E-state index in [0.717, 1.165) is 37.7 Å². The SMILES string of the molecule is CC.COCCN1CCS(=O)CC1. The van der Waals surface area contributed by atoms with Crippen LogP contribution in [0.15, 0.2) is 0 Å². The van der Waals surface area contributed by atoms with Gasteiger partial charge < -0.3 is 4.74 Å². The summed E-state index contributed by atoms with van der Waals surface area (Å²) in [5, 5.41) is 0. The number of methoxy groups -OCH3 is 1. The molecule has 0 aromatic rings. The van der Waals surface area contributed by atoms with E-state index < -0.39 is 10.8 Å². The van der Waals surface area contributed by atoms with Crippen LogP contribution in [-0.2, 0) is 15.5 Å². The molecule has 0 atom stereocenters. The van der Waals surface area contributed by atoms with Crippen LogP contribution in [0.3, 0.4) is 0 Å². The van der Waals surface area contributed by atoms with Gasteiger partial charge in [0.25, 0.3) is 0 Å². The first-order valence-corrected chi connectivity index (χ1v) is 6.38. The Morgan fingerprint density at radius 1 is 1.31 bits per heavy atom. The number of nitrogens with zero attached hydrogens (tertiary/aromatic N) is 1. The molecule has 1 saturated heterocycles. The molecule has 1 heterocycles. The Hall–Kier alpha value is 0.0700. The predicted molar refractivity (Wildman–Crippen MR) is 57.5 cm³/mol. The van der Waals surface area contributed by atoms with Crippen LogP contribution in [-0.4, -0.2) is 54.0 Å². The molecule has 0 aromatic heterocycles. The fourth-order valence-electron chi connectivity index (χ4n) is 1.12. The highest BCUT2D eigenvalue weighted by Crippen LogP contribution is 1.98. The van der Waals surface area contributed by atoms with Gasteiger partial charge in [-0.3, -0.25) is 9.11 Å². The Morgan fingerprint density at radius 2 is 1.85 bits per heavy atom. The summed E-state index contributed by atoms with van der Waals surface area (Å²) in [4.78, 5) is 2.30. The van der Waals surface area contributed by atoms with E-state index in [4.69, 9.17) is 4.74 Å². The molecular formula is C9H21NO2S. The van der Waals surface area contributed by atoms with Gasteiger partial charge in [-0.2, -0.15) is 0 Å².